The molecule has 0 N–H and O–H groups in total. The van der Waals surface area contributed by atoms with Crippen molar-refractivity contribution in [2.45, 2.75) is 38.9 Å². The van der Waals surface area contributed by atoms with E-state index < -0.39 is 34.3 Å². The van der Waals surface area contributed by atoms with Crippen LogP contribution in [0.1, 0.15) is 111 Å². The van der Waals surface area contributed by atoms with E-state index in [1.165, 1.54) is 46.9 Å². The third-order valence-corrected chi connectivity index (χ3v) is 13.9. The predicted molar refractivity (Wildman–Crippen MR) is 224 cm³/mol. The van der Waals surface area contributed by atoms with Crippen LogP contribution in [0.25, 0.3) is 33.0 Å². The lowest BCUT2D eigenvalue weighted by molar-refractivity contribution is 0.0318. The molecule has 0 bridgehead atoms. The molecule has 2 unspecified atom stereocenters. The number of ketones is 4. The van der Waals surface area contributed by atoms with Crippen LogP contribution in [0.5, 0.6) is 0 Å². The Labute approximate surface area is 351 Å². The molecule has 0 saturated carbocycles. The predicted octanol–water partition coefficient (Wildman–Crippen LogP) is 10.6. The molecule has 12 heteroatoms. The molecule has 10 nitrogen and oxygen atoms in total. The molecule has 0 radical (unpaired) electrons. The second kappa shape index (κ2) is 12.5. The molecule has 0 amide bonds. The lowest BCUT2D eigenvalue weighted by Crippen LogP contribution is -2.31. The number of carbonyl (C=O) groups is 4. The minimum atomic E-state index is -0.747. The SMILES string of the molecule is [C-]#[N+]c1cc2c(cc1[N+]#[C-])C(=O)C(=Cc1cc3c(s1)C1=CC4C=C5OC(C)(C)c6cc(C=C7C(=O)c8cc(C#N)c(C#N)cc8C7=O)sc6C5=CC4C=C1OC3(C)C)C2=O. The maximum absolute atomic E-state index is 13.5. The number of Topliss-reactive ketones (excluding diaryl/α,β-unsaturated/α-hetero) is 4. The number of fused-ring (bicyclic) bond motifs is 9. The summed E-state index contributed by atoms with van der Waals surface area (Å²) in [4.78, 5) is 63.9. The van der Waals surface area contributed by atoms with Crippen molar-refractivity contribution < 1.29 is 28.7 Å². The van der Waals surface area contributed by atoms with E-state index in [4.69, 9.17) is 22.6 Å². The minimum absolute atomic E-state index is 0.0113. The topological polar surface area (TPSA) is 143 Å². The molecule has 2 aromatic carbocycles. The molecular formula is C48H26N4O6S2. The van der Waals surface area contributed by atoms with Crippen LogP contribution in [0, 0.1) is 47.6 Å². The normalized spacial score (nSPS) is 20.6. The number of carbonyl (C=O) groups excluding carboxylic acids is 4. The van der Waals surface area contributed by atoms with Crippen molar-refractivity contribution in [3.05, 3.63) is 170 Å². The molecule has 6 aliphatic rings. The zero-order chi connectivity index (χ0) is 42.2. The number of hydrogen-bond donors (Lipinski definition) is 0. The highest BCUT2D eigenvalue weighted by Crippen LogP contribution is 2.55. The fourth-order valence-electron chi connectivity index (χ4n) is 8.71. The maximum atomic E-state index is 13.5. The van der Waals surface area contributed by atoms with E-state index in [1.54, 1.807) is 12.2 Å². The van der Waals surface area contributed by atoms with Crippen LogP contribution in [-0.2, 0) is 20.7 Å². The molecule has 0 spiro atoms. The monoisotopic (exact) mass is 818 g/mol. The largest absolute Gasteiger partial charge is 0.483 e. The van der Waals surface area contributed by atoms with Gasteiger partial charge in [-0.1, -0.05) is 24.3 Å². The highest BCUT2D eigenvalue weighted by atomic mass is 32.1. The smallest absolute Gasteiger partial charge is 0.197 e. The van der Waals surface area contributed by atoms with Crippen LogP contribution in [0.15, 0.2) is 83.4 Å². The van der Waals surface area contributed by atoms with Gasteiger partial charge in [0.05, 0.1) is 35.4 Å². The van der Waals surface area contributed by atoms with Gasteiger partial charge in [-0.3, -0.25) is 28.9 Å². The zero-order valence-electron chi connectivity index (χ0n) is 32.1. The van der Waals surface area contributed by atoms with Gasteiger partial charge in [0.25, 0.3) is 0 Å². The van der Waals surface area contributed by atoms with Gasteiger partial charge in [-0.05, 0) is 76.3 Å². The third-order valence-electron chi connectivity index (χ3n) is 11.7. The van der Waals surface area contributed by atoms with Crippen molar-refractivity contribution in [3.63, 3.8) is 0 Å². The van der Waals surface area contributed by atoms with E-state index in [0.717, 1.165) is 32.0 Å². The third kappa shape index (κ3) is 5.19. The Hall–Kier alpha value is -7.48. The molecule has 10 rings (SSSR count). The Morgan fingerprint density at radius 2 is 0.967 bits per heavy atom. The molecule has 2 atom stereocenters. The quantitative estimate of drug-likeness (QED) is 0.110. The lowest BCUT2D eigenvalue weighted by atomic mass is 9.76. The fourth-order valence-corrected chi connectivity index (χ4v) is 11.3. The molecule has 0 fully saturated rings. The molecular weight excluding hydrogens is 793 g/mol. The first kappa shape index (κ1) is 36.8. The van der Waals surface area contributed by atoms with Crippen LogP contribution in [0.2, 0.25) is 0 Å². The van der Waals surface area contributed by atoms with Gasteiger partial charge in [0, 0.05) is 75.9 Å². The first-order chi connectivity index (χ1) is 28.6. The zero-order valence-corrected chi connectivity index (χ0v) is 33.8. The summed E-state index contributed by atoms with van der Waals surface area (Å²) >= 11 is 2.92. The number of nitrogens with zero attached hydrogens (tertiary/aromatic N) is 4. The van der Waals surface area contributed by atoms with Gasteiger partial charge in [-0.15, -0.1) is 22.7 Å². The van der Waals surface area contributed by atoms with E-state index in [9.17, 15) is 29.7 Å². The summed E-state index contributed by atoms with van der Waals surface area (Å²) in [6, 6.07) is 13.1. The summed E-state index contributed by atoms with van der Waals surface area (Å²) in [7, 11) is 0. The van der Waals surface area contributed by atoms with E-state index in [0.29, 0.717) is 21.3 Å². The van der Waals surface area contributed by atoms with Gasteiger partial charge >= 0.3 is 0 Å². The van der Waals surface area contributed by atoms with Gasteiger partial charge in [0.2, 0.25) is 0 Å². The molecule has 0 saturated heterocycles. The summed E-state index contributed by atoms with van der Waals surface area (Å²) in [5, 5.41) is 19.0. The molecule has 4 heterocycles. The summed E-state index contributed by atoms with van der Waals surface area (Å²) in [6.45, 7) is 22.7. The summed E-state index contributed by atoms with van der Waals surface area (Å²) in [5.41, 5.74) is 2.77. The number of allylic oxidation sites excluding steroid dienone is 8. The molecule has 286 valence electrons. The van der Waals surface area contributed by atoms with Crippen LogP contribution in [0.3, 0.4) is 0 Å². The van der Waals surface area contributed by atoms with Crippen molar-refractivity contribution in [2.75, 3.05) is 0 Å². The molecule has 60 heavy (non-hydrogen) atoms. The Kier molecular flexibility index (Phi) is 7.68. The summed E-state index contributed by atoms with van der Waals surface area (Å²) < 4.78 is 13.4. The lowest BCUT2D eigenvalue weighted by Gasteiger charge is -2.40. The first-order valence-corrected chi connectivity index (χ1v) is 20.4. The Balaban J connectivity index is 0.986. The van der Waals surface area contributed by atoms with Crippen molar-refractivity contribution >= 4 is 80.5 Å². The number of rotatable bonds is 2. The van der Waals surface area contributed by atoms with E-state index in [2.05, 4.69) is 34.0 Å². The van der Waals surface area contributed by atoms with E-state index in [-0.39, 0.29) is 67.7 Å². The van der Waals surface area contributed by atoms with Crippen molar-refractivity contribution in [2.24, 2.45) is 11.8 Å². The Bertz CT molecular complexity index is 2910. The van der Waals surface area contributed by atoms with Gasteiger partial charge in [0.15, 0.2) is 34.5 Å². The summed E-state index contributed by atoms with van der Waals surface area (Å²) in [6.07, 6.45) is 11.7. The highest BCUT2D eigenvalue weighted by Gasteiger charge is 2.44. The number of thiophene rings is 2. The van der Waals surface area contributed by atoms with Gasteiger partial charge in [-0.25, -0.2) is 0 Å². The van der Waals surface area contributed by atoms with Crippen LogP contribution >= 0.6 is 22.7 Å². The van der Waals surface area contributed by atoms with E-state index in [1.807, 2.05) is 52.0 Å². The van der Waals surface area contributed by atoms with Crippen LogP contribution in [-0.4, -0.2) is 23.1 Å². The summed E-state index contributed by atoms with van der Waals surface area (Å²) in [5.74, 6) is -0.667. The van der Waals surface area contributed by atoms with Crippen LogP contribution in [0.4, 0.5) is 11.4 Å². The maximum Gasteiger partial charge on any atom is 0.197 e. The molecule has 4 aromatic rings. The number of ether oxygens (including phenoxy) is 2. The first-order valence-electron chi connectivity index (χ1n) is 18.7. The van der Waals surface area contributed by atoms with Crippen molar-refractivity contribution in [3.8, 4) is 12.1 Å². The van der Waals surface area contributed by atoms with Gasteiger partial charge < -0.3 is 9.47 Å². The number of nitriles is 2. The Morgan fingerprint density at radius 3 is 1.32 bits per heavy atom. The fraction of sp³-hybridized carbons (Fsp3) is 0.167. The molecule has 2 aromatic heterocycles. The van der Waals surface area contributed by atoms with E-state index >= 15 is 0 Å². The van der Waals surface area contributed by atoms with Crippen molar-refractivity contribution in [1.82, 2.24) is 0 Å². The van der Waals surface area contributed by atoms with Gasteiger partial charge in [0.1, 0.15) is 34.9 Å². The second-order valence-electron chi connectivity index (χ2n) is 16.1. The average Bonchev–Trinajstić information content (AvgIpc) is 3.97. The highest BCUT2D eigenvalue weighted by molar-refractivity contribution is 7.14. The molecule has 4 aliphatic carbocycles. The standard InChI is InChI=1S/C48H26N4O6S2/c1-47(2)35-15-25(13-33-41(53)27-9-23(19-49)24(20-50)10-28(27)42(33)54)59-45(35)31-7-21-12-40-32(8-22(21)11-39(31)57-47)46-36(48(3,4)58-40)16-26(60-46)14-34-43(55)29-17-37(51-5)38(52-6)18-30(29)44(34)56/h7-18,21-22H,1-4H3. The van der Waals surface area contributed by atoms with Gasteiger partial charge in [-0.2, -0.15) is 10.5 Å². The number of hydrogen-bond acceptors (Lipinski definition) is 10. The second-order valence-corrected chi connectivity index (χ2v) is 18.3. The number of benzene rings is 2. The van der Waals surface area contributed by atoms with Crippen molar-refractivity contribution in [1.29, 1.82) is 10.5 Å². The molecule has 2 aliphatic heterocycles. The van der Waals surface area contributed by atoms with Crippen LogP contribution < -0.4 is 0 Å². The Morgan fingerprint density at radius 1 is 0.600 bits per heavy atom. The minimum Gasteiger partial charge on any atom is -0.483 e. The average molecular weight is 819 g/mol.